The average Bonchev–Trinajstić information content (AvgIpc) is 2.30. The van der Waals surface area contributed by atoms with Crippen molar-refractivity contribution in [2.75, 3.05) is 26.6 Å². The summed E-state index contributed by atoms with van der Waals surface area (Å²) < 4.78 is 15.2. The number of methoxy groups -OCH3 is 2. The summed E-state index contributed by atoms with van der Waals surface area (Å²) in [6.45, 7) is 2.28. The largest absolute Gasteiger partial charge is 0.487 e. The van der Waals surface area contributed by atoms with Crippen LogP contribution in [-0.4, -0.2) is 32.9 Å². The highest BCUT2D eigenvalue weighted by Crippen LogP contribution is 2.23. The Morgan fingerprint density at radius 2 is 2.12 bits per heavy atom. The fourth-order valence-electron chi connectivity index (χ4n) is 1.41. The van der Waals surface area contributed by atoms with E-state index in [1.807, 2.05) is 6.92 Å². The highest BCUT2D eigenvalue weighted by atomic mass is 16.5. The molecule has 2 N–H and O–H groups in total. The molecule has 1 atom stereocenters. The Balaban J connectivity index is 2.94. The van der Waals surface area contributed by atoms with E-state index in [4.69, 9.17) is 15.2 Å². The zero-order chi connectivity index (χ0) is 12.8. The third-order valence-corrected chi connectivity index (χ3v) is 2.14. The normalized spacial score (nSPS) is 11.9. The minimum Gasteiger partial charge on any atom is -0.487 e. The quantitative estimate of drug-likeness (QED) is 0.622. The van der Waals surface area contributed by atoms with Crippen LogP contribution in [0.4, 0.5) is 5.69 Å². The van der Waals surface area contributed by atoms with E-state index in [9.17, 15) is 4.79 Å². The number of hydrogen-bond acceptors (Lipinski definition) is 5. The van der Waals surface area contributed by atoms with Crippen LogP contribution in [0.15, 0.2) is 18.2 Å². The van der Waals surface area contributed by atoms with E-state index in [0.717, 1.165) is 0 Å². The van der Waals surface area contributed by atoms with Crippen molar-refractivity contribution in [3.8, 4) is 5.75 Å². The Kier molecular flexibility index (Phi) is 4.78. The number of esters is 1. The van der Waals surface area contributed by atoms with Gasteiger partial charge in [0.25, 0.3) is 0 Å². The summed E-state index contributed by atoms with van der Waals surface area (Å²) in [7, 11) is 2.90. The summed E-state index contributed by atoms with van der Waals surface area (Å²) in [6, 6.07) is 4.84. The Morgan fingerprint density at radius 3 is 2.71 bits per heavy atom. The lowest BCUT2D eigenvalue weighted by Gasteiger charge is -2.16. The van der Waals surface area contributed by atoms with Crippen molar-refractivity contribution >= 4 is 11.7 Å². The van der Waals surface area contributed by atoms with Crippen LogP contribution in [0.5, 0.6) is 5.75 Å². The summed E-state index contributed by atoms with van der Waals surface area (Å²) >= 11 is 0. The second kappa shape index (κ2) is 6.10. The average molecular weight is 239 g/mol. The maximum Gasteiger partial charge on any atom is 0.341 e. The second-order valence-electron chi connectivity index (χ2n) is 3.63. The molecule has 0 fully saturated rings. The van der Waals surface area contributed by atoms with Gasteiger partial charge in [-0.1, -0.05) is 0 Å². The van der Waals surface area contributed by atoms with Gasteiger partial charge in [0.2, 0.25) is 0 Å². The van der Waals surface area contributed by atoms with Crippen LogP contribution in [0.25, 0.3) is 0 Å². The monoisotopic (exact) mass is 239 g/mol. The SMILES string of the molecule is COCC(C)Oc1ccc(N)cc1C(=O)OC. The van der Waals surface area contributed by atoms with Gasteiger partial charge in [-0.3, -0.25) is 0 Å². The number of benzene rings is 1. The van der Waals surface area contributed by atoms with Gasteiger partial charge >= 0.3 is 5.97 Å². The van der Waals surface area contributed by atoms with Crippen molar-refractivity contribution < 1.29 is 19.0 Å². The molecule has 0 heterocycles. The third kappa shape index (κ3) is 3.64. The molecule has 0 amide bonds. The van der Waals surface area contributed by atoms with Crippen molar-refractivity contribution in [3.63, 3.8) is 0 Å². The predicted molar refractivity (Wildman–Crippen MR) is 64.2 cm³/mol. The molecule has 0 aliphatic carbocycles. The van der Waals surface area contributed by atoms with Gasteiger partial charge in [-0.05, 0) is 25.1 Å². The van der Waals surface area contributed by atoms with Gasteiger partial charge < -0.3 is 19.9 Å². The molecule has 0 saturated heterocycles. The van der Waals surface area contributed by atoms with Crippen molar-refractivity contribution in [3.05, 3.63) is 23.8 Å². The molecule has 0 saturated carbocycles. The fraction of sp³-hybridized carbons (Fsp3) is 0.417. The first-order chi connectivity index (χ1) is 8.08. The predicted octanol–water partition coefficient (Wildman–Crippen LogP) is 1.47. The van der Waals surface area contributed by atoms with Gasteiger partial charge in [0.1, 0.15) is 17.4 Å². The van der Waals surface area contributed by atoms with Crippen molar-refractivity contribution in [1.29, 1.82) is 0 Å². The first-order valence-electron chi connectivity index (χ1n) is 5.22. The van der Waals surface area contributed by atoms with Crippen LogP contribution in [0, 0.1) is 0 Å². The minimum atomic E-state index is -0.475. The first kappa shape index (κ1) is 13.3. The highest BCUT2D eigenvalue weighted by molar-refractivity contribution is 5.93. The molecule has 17 heavy (non-hydrogen) atoms. The molecule has 1 aromatic carbocycles. The van der Waals surface area contributed by atoms with Crippen molar-refractivity contribution in [2.24, 2.45) is 0 Å². The van der Waals surface area contributed by atoms with Crippen LogP contribution in [0.1, 0.15) is 17.3 Å². The molecule has 0 radical (unpaired) electrons. The molecule has 5 nitrogen and oxygen atoms in total. The molecule has 0 aliphatic heterocycles. The Bertz CT molecular complexity index is 392. The van der Waals surface area contributed by atoms with Gasteiger partial charge in [0.05, 0.1) is 13.7 Å². The number of carbonyl (C=O) groups excluding carboxylic acids is 1. The summed E-state index contributed by atoms with van der Waals surface area (Å²) in [6.07, 6.45) is -0.160. The molecule has 0 aliphatic rings. The number of anilines is 1. The number of rotatable bonds is 5. The molecular formula is C12H17NO4. The smallest absolute Gasteiger partial charge is 0.341 e. The Morgan fingerprint density at radius 1 is 1.41 bits per heavy atom. The number of ether oxygens (including phenoxy) is 3. The van der Waals surface area contributed by atoms with E-state index in [-0.39, 0.29) is 6.10 Å². The van der Waals surface area contributed by atoms with E-state index >= 15 is 0 Å². The lowest BCUT2D eigenvalue weighted by molar-refractivity contribution is 0.0582. The van der Waals surface area contributed by atoms with Gasteiger partial charge in [-0.15, -0.1) is 0 Å². The summed E-state index contributed by atoms with van der Waals surface area (Å²) in [5, 5.41) is 0. The van der Waals surface area contributed by atoms with Crippen LogP contribution >= 0.6 is 0 Å². The zero-order valence-electron chi connectivity index (χ0n) is 10.2. The van der Waals surface area contributed by atoms with Gasteiger partial charge in [-0.2, -0.15) is 0 Å². The molecule has 94 valence electrons. The van der Waals surface area contributed by atoms with E-state index in [0.29, 0.717) is 23.6 Å². The molecule has 5 heteroatoms. The maximum absolute atomic E-state index is 11.5. The van der Waals surface area contributed by atoms with E-state index < -0.39 is 5.97 Å². The van der Waals surface area contributed by atoms with Crippen LogP contribution in [0.3, 0.4) is 0 Å². The Hall–Kier alpha value is -1.75. The molecule has 1 aromatic rings. The lowest BCUT2D eigenvalue weighted by Crippen LogP contribution is -2.19. The van der Waals surface area contributed by atoms with Crippen LogP contribution < -0.4 is 10.5 Å². The van der Waals surface area contributed by atoms with Gasteiger partial charge in [0, 0.05) is 12.8 Å². The highest BCUT2D eigenvalue weighted by Gasteiger charge is 2.15. The number of nitrogen functional groups attached to an aromatic ring is 1. The number of hydrogen-bond donors (Lipinski definition) is 1. The molecule has 0 bridgehead atoms. The topological polar surface area (TPSA) is 70.8 Å². The summed E-state index contributed by atoms with van der Waals surface area (Å²) in [5.41, 5.74) is 6.42. The van der Waals surface area contributed by atoms with Crippen LogP contribution in [-0.2, 0) is 9.47 Å². The van der Waals surface area contributed by atoms with Crippen LogP contribution in [0.2, 0.25) is 0 Å². The maximum atomic E-state index is 11.5. The van der Waals surface area contributed by atoms with Gasteiger partial charge in [-0.25, -0.2) is 4.79 Å². The Labute approximate surface area is 100 Å². The van der Waals surface area contributed by atoms with Crippen molar-refractivity contribution in [2.45, 2.75) is 13.0 Å². The number of nitrogens with two attached hydrogens (primary N) is 1. The molecule has 0 aromatic heterocycles. The molecule has 0 spiro atoms. The van der Waals surface area contributed by atoms with E-state index in [2.05, 4.69) is 4.74 Å². The lowest BCUT2D eigenvalue weighted by atomic mass is 10.2. The number of carbonyl (C=O) groups is 1. The summed E-state index contributed by atoms with van der Waals surface area (Å²) in [4.78, 5) is 11.5. The summed E-state index contributed by atoms with van der Waals surface area (Å²) in [5.74, 6) is -0.0347. The third-order valence-electron chi connectivity index (χ3n) is 2.14. The van der Waals surface area contributed by atoms with Gasteiger partial charge in [0.15, 0.2) is 0 Å². The molecule has 1 unspecified atom stereocenters. The zero-order valence-corrected chi connectivity index (χ0v) is 10.2. The molecule has 1 rings (SSSR count). The fourth-order valence-corrected chi connectivity index (χ4v) is 1.41. The van der Waals surface area contributed by atoms with E-state index in [1.54, 1.807) is 19.2 Å². The van der Waals surface area contributed by atoms with E-state index in [1.165, 1.54) is 13.2 Å². The second-order valence-corrected chi connectivity index (χ2v) is 3.63. The van der Waals surface area contributed by atoms with Crippen molar-refractivity contribution in [1.82, 2.24) is 0 Å². The molecular weight excluding hydrogens is 222 g/mol. The first-order valence-corrected chi connectivity index (χ1v) is 5.22. The standard InChI is InChI=1S/C12H17NO4/c1-8(7-15-2)17-11-5-4-9(13)6-10(11)12(14)16-3/h4-6,8H,7,13H2,1-3H3. The minimum absolute atomic E-state index is 0.160.